The SMILES string of the molecule is Cc1cccc(C)c1-c1cccc(CO)c1C. The summed E-state index contributed by atoms with van der Waals surface area (Å²) in [5.41, 5.74) is 7.26. The molecule has 0 radical (unpaired) electrons. The summed E-state index contributed by atoms with van der Waals surface area (Å²) in [6.07, 6.45) is 0. The van der Waals surface area contributed by atoms with Crippen molar-refractivity contribution in [1.29, 1.82) is 0 Å². The van der Waals surface area contributed by atoms with Crippen molar-refractivity contribution >= 4 is 0 Å². The molecule has 0 saturated carbocycles. The summed E-state index contributed by atoms with van der Waals surface area (Å²) in [6.45, 7) is 6.44. The second-order valence-electron chi connectivity index (χ2n) is 4.51. The van der Waals surface area contributed by atoms with Crippen LogP contribution in [0.1, 0.15) is 22.3 Å². The molecule has 1 nitrogen and oxygen atoms in total. The summed E-state index contributed by atoms with van der Waals surface area (Å²) >= 11 is 0. The van der Waals surface area contributed by atoms with E-state index in [1.54, 1.807) is 0 Å². The maximum absolute atomic E-state index is 9.33. The Kier molecular flexibility index (Phi) is 3.30. The Morgan fingerprint density at radius 3 is 2.06 bits per heavy atom. The van der Waals surface area contributed by atoms with Gasteiger partial charge >= 0.3 is 0 Å². The van der Waals surface area contributed by atoms with E-state index < -0.39 is 0 Å². The van der Waals surface area contributed by atoms with Crippen LogP contribution in [0.15, 0.2) is 36.4 Å². The third-order valence-electron chi connectivity index (χ3n) is 3.37. The molecule has 0 unspecified atom stereocenters. The molecule has 0 spiro atoms. The van der Waals surface area contributed by atoms with Crippen molar-refractivity contribution in [3.8, 4) is 11.1 Å². The van der Waals surface area contributed by atoms with E-state index in [0.717, 1.165) is 5.56 Å². The van der Waals surface area contributed by atoms with E-state index in [0.29, 0.717) is 0 Å². The molecule has 1 N–H and O–H groups in total. The van der Waals surface area contributed by atoms with Crippen LogP contribution < -0.4 is 0 Å². The van der Waals surface area contributed by atoms with Crippen molar-refractivity contribution in [3.05, 3.63) is 58.7 Å². The van der Waals surface area contributed by atoms with E-state index in [9.17, 15) is 5.11 Å². The van der Waals surface area contributed by atoms with Crippen molar-refractivity contribution in [2.75, 3.05) is 0 Å². The van der Waals surface area contributed by atoms with Crippen molar-refractivity contribution in [3.63, 3.8) is 0 Å². The number of hydrogen-bond donors (Lipinski definition) is 1. The normalized spacial score (nSPS) is 10.6. The molecule has 0 fully saturated rings. The number of rotatable bonds is 2. The van der Waals surface area contributed by atoms with Gasteiger partial charge in [0.05, 0.1) is 6.61 Å². The van der Waals surface area contributed by atoms with E-state index in [4.69, 9.17) is 0 Å². The minimum Gasteiger partial charge on any atom is -0.392 e. The minimum absolute atomic E-state index is 0.102. The van der Waals surface area contributed by atoms with E-state index in [-0.39, 0.29) is 6.61 Å². The van der Waals surface area contributed by atoms with Gasteiger partial charge < -0.3 is 5.11 Å². The van der Waals surface area contributed by atoms with Crippen molar-refractivity contribution in [1.82, 2.24) is 0 Å². The Morgan fingerprint density at radius 1 is 0.882 bits per heavy atom. The first-order chi connectivity index (χ1) is 8.15. The standard InChI is InChI=1S/C16H18O/c1-11-6-4-7-12(2)16(11)15-9-5-8-14(10-17)13(15)3/h4-9,17H,10H2,1-3H3. The minimum atomic E-state index is 0.102. The van der Waals surface area contributed by atoms with Gasteiger partial charge in [-0.25, -0.2) is 0 Å². The molecular weight excluding hydrogens is 208 g/mol. The second-order valence-corrected chi connectivity index (χ2v) is 4.51. The maximum atomic E-state index is 9.33. The zero-order valence-electron chi connectivity index (χ0n) is 10.6. The molecule has 0 atom stereocenters. The van der Waals surface area contributed by atoms with E-state index in [1.807, 2.05) is 12.1 Å². The summed E-state index contributed by atoms with van der Waals surface area (Å²) in [4.78, 5) is 0. The molecule has 0 aliphatic carbocycles. The number of benzene rings is 2. The van der Waals surface area contributed by atoms with Gasteiger partial charge in [-0.05, 0) is 54.2 Å². The van der Waals surface area contributed by atoms with Gasteiger partial charge in [0.1, 0.15) is 0 Å². The average molecular weight is 226 g/mol. The highest BCUT2D eigenvalue weighted by Gasteiger charge is 2.09. The lowest BCUT2D eigenvalue weighted by atomic mass is 9.91. The fraction of sp³-hybridized carbons (Fsp3) is 0.250. The van der Waals surface area contributed by atoms with Gasteiger partial charge in [0.15, 0.2) is 0 Å². The summed E-state index contributed by atoms with van der Waals surface area (Å²) in [5.74, 6) is 0. The number of hydrogen-bond acceptors (Lipinski definition) is 1. The van der Waals surface area contributed by atoms with Gasteiger partial charge in [-0.15, -0.1) is 0 Å². The zero-order valence-corrected chi connectivity index (χ0v) is 10.6. The largest absolute Gasteiger partial charge is 0.392 e. The van der Waals surface area contributed by atoms with Crippen LogP contribution in [-0.4, -0.2) is 5.11 Å². The summed E-state index contributed by atoms with van der Waals surface area (Å²) in [6, 6.07) is 12.5. The van der Waals surface area contributed by atoms with Crippen LogP contribution in [0.3, 0.4) is 0 Å². The first kappa shape index (κ1) is 11.9. The molecule has 1 heteroatoms. The van der Waals surface area contributed by atoms with Crippen molar-refractivity contribution < 1.29 is 5.11 Å². The third-order valence-corrected chi connectivity index (χ3v) is 3.37. The monoisotopic (exact) mass is 226 g/mol. The van der Waals surface area contributed by atoms with Crippen LogP contribution in [-0.2, 0) is 6.61 Å². The van der Waals surface area contributed by atoms with Crippen LogP contribution in [0, 0.1) is 20.8 Å². The molecule has 0 bridgehead atoms. The number of aryl methyl sites for hydroxylation is 2. The summed E-state index contributed by atoms with van der Waals surface area (Å²) in [7, 11) is 0. The van der Waals surface area contributed by atoms with Crippen molar-refractivity contribution in [2.24, 2.45) is 0 Å². The molecule has 17 heavy (non-hydrogen) atoms. The fourth-order valence-corrected chi connectivity index (χ4v) is 2.36. The third kappa shape index (κ3) is 2.11. The Balaban J connectivity index is 2.69. The van der Waals surface area contributed by atoms with Crippen molar-refractivity contribution in [2.45, 2.75) is 27.4 Å². The predicted molar refractivity (Wildman–Crippen MR) is 72.0 cm³/mol. The molecule has 2 aromatic carbocycles. The smallest absolute Gasteiger partial charge is 0.0684 e. The van der Waals surface area contributed by atoms with E-state index in [1.165, 1.54) is 27.8 Å². The molecule has 0 aromatic heterocycles. The van der Waals surface area contributed by atoms with Gasteiger partial charge in [0, 0.05) is 0 Å². The maximum Gasteiger partial charge on any atom is 0.0684 e. The summed E-state index contributed by atoms with van der Waals surface area (Å²) < 4.78 is 0. The average Bonchev–Trinajstić information content (AvgIpc) is 2.31. The highest BCUT2D eigenvalue weighted by Crippen LogP contribution is 2.31. The predicted octanol–water partition coefficient (Wildman–Crippen LogP) is 3.77. The molecule has 0 saturated heterocycles. The molecule has 88 valence electrons. The van der Waals surface area contributed by atoms with Crippen LogP contribution in [0.2, 0.25) is 0 Å². The van der Waals surface area contributed by atoms with Crippen LogP contribution >= 0.6 is 0 Å². The zero-order chi connectivity index (χ0) is 12.4. The van der Waals surface area contributed by atoms with E-state index >= 15 is 0 Å². The highest BCUT2D eigenvalue weighted by atomic mass is 16.3. The molecule has 0 aliphatic heterocycles. The Morgan fingerprint density at radius 2 is 1.47 bits per heavy atom. The number of aliphatic hydroxyl groups is 1. The highest BCUT2D eigenvalue weighted by molar-refractivity contribution is 5.74. The van der Waals surface area contributed by atoms with Gasteiger partial charge in [0.25, 0.3) is 0 Å². The first-order valence-corrected chi connectivity index (χ1v) is 5.91. The topological polar surface area (TPSA) is 20.2 Å². The summed E-state index contributed by atoms with van der Waals surface area (Å²) in [5, 5.41) is 9.33. The first-order valence-electron chi connectivity index (χ1n) is 5.91. The van der Waals surface area contributed by atoms with Crippen LogP contribution in [0.4, 0.5) is 0 Å². The van der Waals surface area contributed by atoms with Crippen LogP contribution in [0.5, 0.6) is 0 Å². The molecule has 0 aliphatic rings. The molecule has 0 amide bonds. The second kappa shape index (κ2) is 4.72. The lowest BCUT2D eigenvalue weighted by molar-refractivity contribution is 0.281. The van der Waals surface area contributed by atoms with Gasteiger partial charge in [-0.3, -0.25) is 0 Å². The quantitative estimate of drug-likeness (QED) is 0.826. The Labute approximate surface area is 103 Å². The van der Waals surface area contributed by atoms with Gasteiger partial charge in [-0.2, -0.15) is 0 Å². The van der Waals surface area contributed by atoms with E-state index in [2.05, 4.69) is 45.0 Å². The Hall–Kier alpha value is -1.60. The molecule has 0 heterocycles. The van der Waals surface area contributed by atoms with Crippen LogP contribution in [0.25, 0.3) is 11.1 Å². The molecule has 2 aromatic rings. The molecular formula is C16H18O. The lowest BCUT2D eigenvalue weighted by Gasteiger charge is -2.14. The Bertz CT molecular complexity index is 521. The number of aliphatic hydroxyl groups excluding tert-OH is 1. The fourth-order valence-electron chi connectivity index (χ4n) is 2.36. The molecule has 2 rings (SSSR count). The van der Waals surface area contributed by atoms with Gasteiger partial charge in [-0.1, -0.05) is 36.4 Å². The lowest BCUT2D eigenvalue weighted by Crippen LogP contribution is -1.95. The van der Waals surface area contributed by atoms with Gasteiger partial charge in [0.2, 0.25) is 0 Å².